The van der Waals surface area contributed by atoms with Crippen molar-refractivity contribution in [3.05, 3.63) is 28.2 Å². The summed E-state index contributed by atoms with van der Waals surface area (Å²) in [6.07, 6.45) is 0. The summed E-state index contributed by atoms with van der Waals surface area (Å²) in [5, 5.41) is 2.60. The standard InChI is InChI=1S/C14H19BrN4O2/c1-17-13(20)9-18-4-6-19(7-5-18)14(21)11-8-10(16)2-3-12(11)15/h2-3,8H,4-7,9,16H2,1H3,(H,17,20). The highest BCUT2D eigenvalue weighted by Crippen LogP contribution is 2.21. The van der Waals surface area contributed by atoms with Gasteiger partial charge in [0, 0.05) is 43.4 Å². The monoisotopic (exact) mass is 354 g/mol. The first-order valence-electron chi connectivity index (χ1n) is 6.78. The highest BCUT2D eigenvalue weighted by atomic mass is 79.9. The number of carbonyl (C=O) groups excluding carboxylic acids is 2. The van der Waals surface area contributed by atoms with E-state index in [0.29, 0.717) is 44.0 Å². The molecule has 0 atom stereocenters. The van der Waals surface area contributed by atoms with Crippen molar-refractivity contribution in [2.45, 2.75) is 0 Å². The van der Waals surface area contributed by atoms with Crippen LogP contribution in [0.25, 0.3) is 0 Å². The van der Waals surface area contributed by atoms with Crippen molar-refractivity contribution in [2.24, 2.45) is 0 Å². The lowest BCUT2D eigenvalue weighted by atomic mass is 10.1. The lowest BCUT2D eigenvalue weighted by molar-refractivity contribution is -0.122. The van der Waals surface area contributed by atoms with Gasteiger partial charge in [0.15, 0.2) is 0 Å². The summed E-state index contributed by atoms with van der Waals surface area (Å²) >= 11 is 3.39. The van der Waals surface area contributed by atoms with Crippen LogP contribution in [0.3, 0.4) is 0 Å². The van der Waals surface area contributed by atoms with Crippen LogP contribution in [-0.4, -0.2) is 61.4 Å². The average molecular weight is 355 g/mol. The van der Waals surface area contributed by atoms with Crippen LogP contribution in [0.1, 0.15) is 10.4 Å². The van der Waals surface area contributed by atoms with Crippen molar-refractivity contribution in [3.63, 3.8) is 0 Å². The number of hydrogen-bond donors (Lipinski definition) is 2. The van der Waals surface area contributed by atoms with Crippen LogP contribution in [0, 0.1) is 0 Å². The van der Waals surface area contributed by atoms with E-state index in [0.717, 1.165) is 4.47 Å². The number of carbonyl (C=O) groups is 2. The zero-order valence-corrected chi connectivity index (χ0v) is 13.5. The fourth-order valence-electron chi connectivity index (χ4n) is 2.27. The number of nitrogens with one attached hydrogen (secondary N) is 1. The number of nitrogens with two attached hydrogens (primary N) is 1. The first kappa shape index (κ1) is 15.8. The van der Waals surface area contributed by atoms with Crippen molar-refractivity contribution in [1.82, 2.24) is 15.1 Å². The summed E-state index contributed by atoms with van der Waals surface area (Å²) in [5.41, 5.74) is 6.89. The molecule has 21 heavy (non-hydrogen) atoms. The predicted molar refractivity (Wildman–Crippen MR) is 85.0 cm³/mol. The van der Waals surface area contributed by atoms with Crippen LogP contribution in [0.2, 0.25) is 0 Å². The van der Waals surface area contributed by atoms with Gasteiger partial charge in [-0.1, -0.05) is 0 Å². The molecule has 2 amide bonds. The van der Waals surface area contributed by atoms with Crippen LogP contribution >= 0.6 is 15.9 Å². The Kier molecular flexibility index (Phi) is 5.19. The zero-order valence-electron chi connectivity index (χ0n) is 11.9. The minimum Gasteiger partial charge on any atom is -0.399 e. The highest BCUT2D eigenvalue weighted by Gasteiger charge is 2.24. The van der Waals surface area contributed by atoms with Gasteiger partial charge in [0.05, 0.1) is 12.1 Å². The molecule has 1 aromatic carbocycles. The number of piperazine rings is 1. The molecule has 0 radical (unpaired) electrons. The number of nitrogens with zero attached hydrogens (tertiary/aromatic N) is 2. The molecule has 3 N–H and O–H groups in total. The molecule has 1 aliphatic heterocycles. The van der Waals surface area contributed by atoms with Gasteiger partial charge in [-0.3, -0.25) is 14.5 Å². The highest BCUT2D eigenvalue weighted by molar-refractivity contribution is 9.10. The van der Waals surface area contributed by atoms with E-state index in [4.69, 9.17) is 5.73 Å². The molecule has 0 aromatic heterocycles. The number of benzene rings is 1. The summed E-state index contributed by atoms with van der Waals surface area (Å²) in [5.74, 6) is -0.0397. The molecule has 114 valence electrons. The van der Waals surface area contributed by atoms with Gasteiger partial charge >= 0.3 is 0 Å². The predicted octanol–water partition coefficient (Wildman–Crippen LogP) is 0.535. The van der Waals surface area contributed by atoms with E-state index in [2.05, 4.69) is 21.2 Å². The van der Waals surface area contributed by atoms with Crippen molar-refractivity contribution < 1.29 is 9.59 Å². The molecule has 0 bridgehead atoms. The molecule has 2 rings (SSSR count). The van der Waals surface area contributed by atoms with E-state index in [1.165, 1.54) is 0 Å². The number of rotatable bonds is 3. The molecule has 1 aliphatic rings. The fourth-order valence-corrected chi connectivity index (χ4v) is 2.68. The lowest BCUT2D eigenvalue weighted by Crippen LogP contribution is -2.50. The zero-order chi connectivity index (χ0) is 15.4. The lowest BCUT2D eigenvalue weighted by Gasteiger charge is -2.34. The van der Waals surface area contributed by atoms with Gasteiger partial charge in [-0.05, 0) is 34.1 Å². The van der Waals surface area contributed by atoms with Gasteiger partial charge in [0.2, 0.25) is 5.91 Å². The van der Waals surface area contributed by atoms with Gasteiger partial charge in [0.1, 0.15) is 0 Å². The molecule has 6 nitrogen and oxygen atoms in total. The van der Waals surface area contributed by atoms with Crippen LogP contribution in [0.5, 0.6) is 0 Å². The fraction of sp³-hybridized carbons (Fsp3) is 0.429. The van der Waals surface area contributed by atoms with E-state index in [9.17, 15) is 9.59 Å². The number of halogens is 1. The first-order chi connectivity index (χ1) is 10.0. The van der Waals surface area contributed by atoms with Crippen molar-refractivity contribution in [1.29, 1.82) is 0 Å². The minimum absolute atomic E-state index is 0.00615. The number of anilines is 1. The Balaban J connectivity index is 1.97. The average Bonchev–Trinajstić information content (AvgIpc) is 2.49. The Morgan fingerprint density at radius 1 is 1.29 bits per heavy atom. The molecule has 1 fully saturated rings. The SMILES string of the molecule is CNC(=O)CN1CCN(C(=O)c2cc(N)ccc2Br)CC1. The second kappa shape index (κ2) is 6.91. The number of hydrogen-bond acceptors (Lipinski definition) is 4. The Morgan fingerprint density at radius 3 is 2.57 bits per heavy atom. The Labute approximate surface area is 132 Å². The van der Waals surface area contributed by atoms with Crippen LogP contribution in [0.15, 0.2) is 22.7 Å². The quantitative estimate of drug-likeness (QED) is 0.776. The first-order valence-corrected chi connectivity index (χ1v) is 7.58. The van der Waals surface area contributed by atoms with Crippen LogP contribution < -0.4 is 11.1 Å². The van der Waals surface area contributed by atoms with Gasteiger partial charge in [-0.2, -0.15) is 0 Å². The number of likely N-dealkylation sites (N-methyl/N-ethyl adjacent to an activating group) is 1. The molecule has 1 aromatic rings. The third-order valence-electron chi connectivity index (χ3n) is 3.53. The second-order valence-electron chi connectivity index (χ2n) is 4.98. The molecular weight excluding hydrogens is 336 g/mol. The van der Waals surface area contributed by atoms with Crippen molar-refractivity contribution >= 4 is 33.4 Å². The molecule has 0 spiro atoms. The topological polar surface area (TPSA) is 78.7 Å². The third kappa shape index (κ3) is 3.95. The molecule has 0 saturated carbocycles. The minimum atomic E-state index is -0.0335. The van der Waals surface area contributed by atoms with Crippen molar-refractivity contribution in [2.75, 3.05) is 45.5 Å². The summed E-state index contributed by atoms with van der Waals surface area (Å²) < 4.78 is 0.745. The molecule has 0 aliphatic carbocycles. The normalized spacial score (nSPS) is 15.8. The van der Waals surface area contributed by atoms with Crippen molar-refractivity contribution in [3.8, 4) is 0 Å². The van der Waals surface area contributed by atoms with E-state index in [1.807, 2.05) is 4.90 Å². The maximum atomic E-state index is 12.5. The van der Waals surface area contributed by atoms with Crippen LogP contribution in [-0.2, 0) is 4.79 Å². The van der Waals surface area contributed by atoms with Gasteiger partial charge < -0.3 is 16.0 Å². The summed E-state index contributed by atoms with van der Waals surface area (Å²) in [6.45, 7) is 2.98. The van der Waals surface area contributed by atoms with E-state index in [1.54, 1.807) is 30.1 Å². The summed E-state index contributed by atoms with van der Waals surface area (Å²) in [7, 11) is 1.62. The van der Waals surface area contributed by atoms with Crippen LogP contribution in [0.4, 0.5) is 5.69 Å². The smallest absolute Gasteiger partial charge is 0.255 e. The molecule has 1 saturated heterocycles. The Bertz CT molecular complexity index is 542. The Morgan fingerprint density at radius 2 is 1.95 bits per heavy atom. The van der Waals surface area contributed by atoms with Gasteiger partial charge in [-0.15, -0.1) is 0 Å². The molecule has 1 heterocycles. The largest absolute Gasteiger partial charge is 0.399 e. The van der Waals surface area contributed by atoms with Gasteiger partial charge in [-0.25, -0.2) is 0 Å². The van der Waals surface area contributed by atoms with E-state index in [-0.39, 0.29) is 11.8 Å². The third-order valence-corrected chi connectivity index (χ3v) is 4.22. The Hall–Kier alpha value is -1.60. The van der Waals surface area contributed by atoms with Gasteiger partial charge in [0.25, 0.3) is 5.91 Å². The number of nitrogen functional groups attached to an aromatic ring is 1. The van der Waals surface area contributed by atoms with E-state index >= 15 is 0 Å². The molecular formula is C14H19BrN4O2. The summed E-state index contributed by atoms with van der Waals surface area (Å²) in [4.78, 5) is 27.7. The van der Waals surface area contributed by atoms with E-state index < -0.39 is 0 Å². The maximum absolute atomic E-state index is 12.5. The molecule has 0 unspecified atom stereocenters. The second-order valence-corrected chi connectivity index (χ2v) is 5.84. The summed E-state index contributed by atoms with van der Waals surface area (Å²) in [6, 6.07) is 5.22. The number of amides is 2. The maximum Gasteiger partial charge on any atom is 0.255 e. The molecule has 7 heteroatoms.